The Kier molecular flexibility index (Phi) is 10.7. The van der Waals surface area contributed by atoms with E-state index in [9.17, 15) is 23.9 Å². The molecule has 1 saturated heterocycles. The third-order valence-corrected chi connectivity index (χ3v) is 10.8. The van der Waals surface area contributed by atoms with Crippen LogP contribution >= 0.6 is 0 Å². The number of ether oxygens (including phenoxy) is 1. The Morgan fingerprint density at radius 2 is 1.75 bits per heavy atom. The number of carboxylic acids is 1. The number of nitrogens with zero attached hydrogens (tertiary/aromatic N) is 2. The van der Waals surface area contributed by atoms with Crippen molar-refractivity contribution in [2.24, 2.45) is 5.41 Å². The zero-order valence-electron chi connectivity index (χ0n) is 30.4. The average Bonchev–Trinajstić information content (AvgIpc) is 3.94. The molecule has 0 radical (unpaired) electrons. The van der Waals surface area contributed by atoms with Gasteiger partial charge in [-0.3, -0.25) is 14.4 Å². The number of nitrogens with one attached hydrogen (secondary N) is 1. The molecule has 6 rings (SSSR count). The standard InChI is InChI=1S/C42H50FN3O5/c1-26-20-27(2)28(3)37(21-26)51-19-17-29-10-12-30(13-11-29)34-22-32-24-45(38(47)16-18-42(4,5)41(49)50)25-36(44-32)39(34)40(48)46(33-14-15-33)23-31-8-6-7-9-35(31)43/h6-13,20-21,32-33,36,44H,14-19,22-25H2,1-5H3,(H,49,50)/t32-,36-/m1/s1. The molecule has 2 amide bonds. The molecule has 0 spiro atoms. The van der Waals surface area contributed by atoms with E-state index in [1.54, 1.807) is 36.9 Å². The Balaban J connectivity index is 1.26. The van der Waals surface area contributed by atoms with Crippen LogP contribution in [0.5, 0.6) is 5.75 Å². The fourth-order valence-electron chi connectivity index (χ4n) is 7.28. The lowest BCUT2D eigenvalue weighted by atomic mass is 9.82. The van der Waals surface area contributed by atoms with Crippen molar-refractivity contribution in [2.45, 2.75) is 97.8 Å². The van der Waals surface area contributed by atoms with E-state index >= 15 is 0 Å². The largest absolute Gasteiger partial charge is 0.493 e. The highest BCUT2D eigenvalue weighted by atomic mass is 19.1. The lowest BCUT2D eigenvalue weighted by Gasteiger charge is -2.45. The summed E-state index contributed by atoms with van der Waals surface area (Å²) in [5.74, 6) is -0.596. The number of carboxylic acid groups (broad SMARTS) is 1. The number of hydrogen-bond acceptors (Lipinski definition) is 5. The van der Waals surface area contributed by atoms with Crippen LogP contribution in [0.25, 0.3) is 5.57 Å². The molecule has 8 nitrogen and oxygen atoms in total. The lowest BCUT2D eigenvalue weighted by molar-refractivity contribution is -0.148. The van der Waals surface area contributed by atoms with Crippen molar-refractivity contribution in [3.05, 3.63) is 105 Å². The minimum Gasteiger partial charge on any atom is -0.493 e. The highest BCUT2D eigenvalue weighted by Gasteiger charge is 2.43. The number of halogens is 1. The van der Waals surface area contributed by atoms with Gasteiger partial charge in [-0.1, -0.05) is 48.5 Å². The topological polar surface area (TPSA) is 99.2 Å². The predicted octanol–water partition coefficient (Wildman–Crippen LogP) is 6.78. The predicted molar refractivity (Wildman–Crippen MR) is 196 cm³/mol. The molecule has 1 aliphatic carbocycles. The summed E-state index contributed by atoms with van der Waals surface area (Å²) in [5, 5.41) is 13.2. The Labute approximate surface area is 300 Å². The summed E-state index contributed by atoms with van der Waals surface area (Å²) in [7, 11) is 0. The molecule has 0 aromatic heterocycles. The van der Waals surface area contributed by atoms with E-state index in [-0.39, 0.29) is 49.1 Å². The van der Waals surface area contributed by atoms with Gasteiger partial charge in [-0.2, -0.15) is 0 Å². The fourth-order valence-corrected chi connectivity index (χ4v) is 7.28. The summed E-state index contributed by atoms with van der Waals surface area (Å²) in [6.45, 7) is 11.0. The van der Waals surface area contributed by atoms with Crippen LogP contribution in [-0.2, 0) is 27.3 Å². The molecule has 3 aromatic rings. The number of piperazine rings is 1. The van der Waals surface area contributed by atoms with E-state index in [1.807, 2.05) is 4.90 Å². The molecule has 1 saturated carbocycles. The molecule has 2 aliphatic heterocycles. The molecule has 2 fully saturated rings. The van der Waals surface area contributed by atoms with Crippen LogP contribution in [0, 0.1) is 32.0 Å². The first-order chi connectivity index (χ1) is 24.3. The number of hydrogen-bond donors (Lipinski definition) is 2. The van der Waals surface area contributed by atoms with E-state index < -0.39 is 17.4 Å². The molecule has 2 N–H and O–H groups in total. The van der Waals surface area contributed by atoms with Crippen molar-refractivity contribution in [3.63, 3.8) is 0 Å². The number of aliphatic carboxylic acids is 1. The summed E-state index contributed by atoms with van der Waals surface area (Å²) in [5.41, 5.74) is 6.68. The summed E-state index contributed by atoms with van der Waals surface area (Å²) in [6, 6.07) is 18.7. The molecule has 3 aromatic carbocycles. The van der Waals surface area contributed by atoms with Gasteiger partial charge < -0.3 is 25.0 Å². The highest BCUT2D eigenvalue weighted by molar-refractivity contribution is 6.03. The highest BCUT2D eigenvalue weighted by Crippen LogP contribution is 2.38. The number of amides is 2. The van der Waals surface area contributed by atoms with Crippen LogP contribution in [0.4, 0.5) is 4.39 Å². The molecule has 51 heavy (non-hydrogen) atoms. The van der Waals surface area contributed by atoms with Crippen LogP contribution in [0.3, 0.4) is 0 Å². The normalized spacial score (nSPS) is 18.8. The van der Waals surface area contributed by atoms with Crippen molar-refractivity contribution < 1.29 is 28.6 Å². The zero-order chi connectivity index (χ0) is 36.4. The van der Waals surface area contributed by atoms with E-state index in [4.69, 9.17) is 4.74 Å². The Morgan fingerprint density at radius 3 is 2.43 bits per heavy atom. The molecule has 2 heterocycles. The third kappa shape index (κ3) is 8.36. The maximum Gasteiger partial charge on any atom is 0.309 e. The smallest absolute Gasteiger partial charge is 0.309 e. The van der Waals surface area contributed by atoms with E-state index in [2.05, 4.69) is 62.5 Å². The molecule has 9 heteroatoms. The van der Waals surface area contributed by atoms with Gasteiger partial charge in [-0.25, -0.2) is 4.39 Å². The van der Waals surface area contributed by atoms with Crippen molar-refractivity contribution >= 4 is 23.4 Å². The van der Waals surface area contributed by atoms with Gasteiger partial charge in [0.1, 0.15) is 11.6 Å². The first-order valence-corrected chi connectivity index (χ1v) is 18.2. The second kappa shape index (κ2) is 15.0. The molecule has 2 atom stereocenters. The summed E-state index contributed by atoms with van der Waals surface area (Å²) in [4.78, 5) is 43.5. The first kappa shape index (κ1) is 36.3. The van der Waals surface area contributed by atoms with Crippen molar-refractivity contribution in [3.8, 4) is 5.75 Å². The zero-order valence-corrected chi connectivity index (χ0v) is 30.4. The fraction of sp³-hybridized carbons (Fsp3) is 0.452. The maximum atomic E-state index is 14.9. The van der Waals surface area contributed by atoms with E-state index in [1.165, 1.54) is 17.2 Å². The quantitative estimate of drug-likeness (QED) is 0.205. The van der Waals surface area contributed by atoms with Gasteiger partial charge in [0.15, 0.2) is 0 Å². The molecule has 0 unspecified atom stereocenters. The summed E-state index contributed by atoms with van der Waals surface area (Å²) < 4.78 is 21.0. The minimum absolute atomic E-state index is 0.0337. The monoisotopic (exact) mass is 695 g/mol. The number of fused-ring (bicyclic) bond motifs is 2. The van der Waals surface area contributed by atoms with Gasteiger partial charge in [-0.15, -0.1) is 0 Å². The average molecular weight is 696 g/mol. The first-order valence-electron chi connectivity index (χ1n) is 18.2. The van der Waals surface area contributed by atoms with Gasteiger partial charge in [0.2, 0.25) is 5.91 Å². The molecule has 270 valence electrons. The van der Waals surface area contributed by atoms with E-state index in [0.29, 0.717) is 37.3 Å². The molecular weight excluding hydrogens is 645 g/mol. The van der Waals surface area contributed by atoms with Gasteiger partial charge in [-0.05, 0) is 106 Å². The minimum atomic E-state index is -1.01. The lowest BCUT2D eigenvalue weighted by Crippen LogP contribution is -2.62. The van der Waals surface area contributed by atoms with Crippen LogP contribution in [0.15, 0.2) is 66.2 Å². The second-order valence-corrected chi connectivity index (χ2v) is 15.3. The summed E-state index contributed by atoms with van der Waals surface area (Å²) >= 11 is 0. The van der Waals surface area contributed by atoms with Gasteiger partial charge in [0, 0.05) is 55.7 Å². The van der Waals surface area contributed by atoms with Crippen molar-refractivity contribution in [2.75, 3.05) is 19.7 Å². The van der Waals surface area contributed by atoms with Crippen LogP contribution in [-0.4, -0.2) is 70.5 Å². The van der Waals surface area contributed by atoms with Crippen molar-refractivity contribution in [1.82, 2.24) is 15.1 Å². The third-order valence-electron chi connectivity index (χ3n) is 10.8. The molecule has 3 aliphatic rings. The molecular formula is C42H50FN3O5. The van der Waals surface area contributed by atoms with Gasteiger partial charge in [0.05, 0.1) is 18.1 Å². The van der Waals surface area contributed by atoms with E-state index in [0.717, 1.165) is 47.3 Å². The Bertz CT molecular complexity index is 1830. The second-order valence-electron chi connectivity index (χ2n) is 15.3. The van der Waals surface area contributed by atoms with Gasteiger partial charge >= 0.3 is 5.97 Å². The van der Waals surface area contributed by atoms with Crippen molar-refractivity contribution in [1.29, 1.82) is 0 Å². The molecule has 2 bridgehead atoms. The van der Waals surface area contributed by atoms with Crippen LogP contribution in [0.1, 0.15) is 79.3 Å². The number of aryl methyl sites for hydroxylation is 2. The Hall–Kier alpha value is -4.50. The number of rotatable bonds is 13. The SMILES string of the molecule is Cc1cc(C)c(C)c(OCCc2ccc(C3=C(C(=O)N(Cc4ccccc4F)C4CC4)[C@H]4CN(C(=O)CCC(C)(C)C(=O)O)C[C@@H](C3)N4)cc2)c1. The van der Waals surface area contributed by atoms with Crippen LogP contribution < -0.4 is 10.1 Å². The Morgan fingerprint density at radius 1 is 1.02 bits per heavy atom. The number of benzene rings is 3. The van der Waals surface area contributed by atoms with Gasteiger partial charge in [0.25, 0.3) is 5.91 Å². The summed E-state index contributed by atoms with van der Waals surface area (Å²) in [6.07, 6.45) is 3.37. The number of carbonyl (C=O) groups excluding carboxylic acids is 2. The maximum absolute atomic E-state index is 14.9. The number of carbonyl (C=O) groups is 3. The van der Waals surface area contributed by atoms with Crippen LogP contribution in [0.2, 0.25) is 0 Å².